The molecule has 1 unspecified atom stereocenters. The molecule has 0 amide bonds. The lowest BCUT2D eigenvalue weighted by molar-refractivity contribution is 0.242. The van der Waals surface area contributed by atoms with E-state index in [1.165, 1.54) is 11.1 Å². The van der Waals surface area contributed by atoms with Gasteiger partial charge in [0.2, 0.25) is 0 Å². The summed E-state index contributed by atoms with van der Waals surface area (Å²) >= 11 is 0. The summed E-state index contributed by atoms with van der Waals surface area (Å²) in [6.07, 6.45) is 1.34. The predicted octanol–water partition coefficient (Wildman–Crippen LogP) is 5.40. The molecule has 2 aromatic rings. The Morgan fingerprint density at radius 1 is 0.846 bits per heavy atom. The lowest BCUT2D eigenvalue weighted by Crippen LogP contribution is -2.19. The standard InChI is InChI=1S/C23H33NO2/c1-17(2)23(20-8-12-22(13-9-20)26-18(3)4)14-15-24-16-19-6-10-21(25-5)11-7-19/h6-13,17-18,23-24H,14-16H2,1-5H3. The fourth-order valence-corrected chi connectivity index (χ4v) is 3.18. The third kappa shape index (κ3) is 6.38. The van der Waals surface area contributed by atoms with Crippen LogP contribution in [0.3, 0.4) is 0 Å². The van der Waals surface area contributed by atoms with Gasteiger partial charge in [0.25, 0.3) is 0 Å². The quantitative estimate of drug-likeness (QED) is 0.579. The van der Waals surface area contributed by atoms with Crippen LogP contribution in [0.5, 0.6) is 11.5 Å². The molecule has 0 aliphatic heterocycles. The van der Waals surface area contributed by atoms with Crippen molar-refractivity contribution in [3.8, 4) is 11.5 Å². The van der Waals surface area contributed by atoms with Crippen molar-refractivity contribution in [2.75, 3.05) is 13.7 Å². The molecule has 0 spiro atoms. The van der Waals surface area contributed by atoms with Crippen LogP contribution < -0.4 is 14.8 Å². The Morgan fingerprint density at radius 2 is 1.46 bits per heavy atom. The third-order valence-electron chi connectivity index (χ3n) is 4.61. The van der Waals surface area contributed by atoms with Gasteiger partial charge in [-0.1, -0.05) is 38.1 Å². The summed E-state index contributed by atoms with van der Waals surface area (Å²) < 4.78 is 11.0. The lowest BCUT2D eigenvalue weighted by Gasteiger charge is -2.22. The minimum Gasteiger partial charge on any atom is -0.497 e. The summed E-state index contributed by atoms with van der Waals surface area (Å²) in [4.78, 5) is 0. The first-order valence-corrected chi connectivity index (χ1v) is 9.60. The maximum absolute atomic E-state index is 5.75. The van der Waals surface area contributed by atoms with Crippen LogP contribution in [0, 0.1) is 5.92 Å². The van der Waals surface area contributed by atoms with Gasteiger partial charge < -0.3 is 14.8 Å². The van der Waals surface area contributed by atoms with Crippen molar-refractivity contribution in [2.45, 2.75) is 52.7 Å². The van der Waals surface area contributed by atoms with Crippen LogP contribution in [0.2, 0.25) is 0 Å². The number of benzene rings is 2. The molecule has 1 atom stereocenters. The van der Waals surface area contributed by atoms with E-state index in [2.05, 4.69) is 69.4 Å². The molecule has 0 saturated carbocycles. The second-order valence-corrected chi connectivity index (χ2v) is 7.40. The number of rotatable bonds is 10. The van der Waals surface area contributed by atoms with Gasteiger partial charge in [-0.3, -0.25) is 0 Å². The minimum absolute atomic E-state index is 0.212. The largest absolute Gasteiger partial charge is 0.497 e. The molecule has 0 saturated heterocycles. The van der Waals surface area contributed by atoms with E-state index < -0.39 is 0 Å². The van der Waals surface area contributed by atoms with Crippen molar-refractivity contribution in [1.29, 1.82) is 0 Å². The van der Waals surface area contributed by atoms with Crippen molar-refractivity contribution in [3.63, 3.8) is 0 Å². The highest BCUT2D eigenvalue weighted by Crippen LogP contribution is 2.29. The van der Waals surface area contributed by atoms with Crippen LogP contribution in [0.25, 0.3) is 0 Å². The Morgan fingerprint density at radius 3 is 2.00 bits per heavy atom. The molecule has 0 bridgehead atoms. The van der Waals surface area contributed by atoms with Gasteiger partial charge in [0.1, 0.15) is 11.5 Å². The summed E-state index contributed by atoms with van der Waals surface area (Å²) in [7, 11) is 1.70. The molecular weight excluding hydrogens is 322 g/mol. The van der Waals surface area contributed by atoms with Crippen LogP contribution >= 0.6 is 0 Å². The second-order valence-electron chi connectivity index (χ2n) is 7.40. The van der Waals surface area contributed by atoms with E-state index in [0.29, 0.717) is 11.8 Å². The summed E-state index contributed by atoms with van der Waals surface area (Å²) in [5, 5.41) is 3.57. The Hall–Kier alpha value is -2.00. The number of methoxy groups -OCH3 is 1. The first-order chi connectivity index (χ1) is 12.5. The highest BCUT2D eigenvalue weighted by Gasteiger charge is 2.15. The van der Waals surface area contributed by atoms with Gasteiger partial charge >= 0.3 is 0 Å². The van der Waals surface area contributed by atoms with E-state index in [1.54, 1.807) is 7.11 Å². The predicted molar refractivity (Wildman–Crippen MR) is 109 cm³/mol. The van der Waals surface area contributed by atoms with Gasteiger partial charge in [-0.15, -0.1) is 0 Å². The molecule has 3 nitrogen and oxygen atoms in total. The van der Waals surface area contributed by atoms with Crippen LogP contribution in [0.15, 0.2) is 48.5 Å². The average molecular weight is 356 g/mol. The number of hydrogen-bond donors (Lipinski definition) is 1. The first kappa shape index (κ1) is 20.3. The second kappa shape index (κ2) is 10.2. The van der Waals surface area contributed by atoms with Crippen LogP contribution in [-0.4, -0.2) is 19.8 Å². The molecule has 0 heterocycles. The van der Waals surface area contributed by atoms with Crippen molar-refractivity contribution in [1.82, 2.24) is 5.32 Å². The number of nitrogens with one attached hydrogen (secondary N) is 1. The molecule has 3 heteroatoms. The molecule has 0 aliphatic rings. The highest BCUT2D eigenvalue weighted by molar-refractivity contribution is 5.30. The fraction of sp³-hybridized carbons (Fsp3) is 0.478. The Balaban J connectivity index is 1.85. The van der Waals surface area contributed by atoms with Crippen molar-refractivity contribution in [3.05, 3.63) is 59.7 Å². The summed E-state index contributed by atoms with van der Waals surface area (Å²) in [5.74, 6) is 3.00. The highest BCUT2D eigenvalue weighted by atomic mass is 16.5. The molecular formula is C23H33NO2. The van der Waals surface area contributed by atoms with E-state index in [4.69, 9.17) is 9.47 Å². The fourth-order valence-electron chi connectivity index (χ4n) is 3.18. The number of ether oxygens (including phenoxy) is 2. The van der Waals surface area contributed by atoms with Crippen LogP contribution in [0.1, 0.15) is 51.2 Å². The summed E-state index contributed by atoms with van der Waals surface area (Å²) in [5.41, 5.74) is 2.67. The summed E-state index contributed by atoms with van der Waals surface area (Å²) in [6.45, 7) is 10.6. The van der Waals surface area contributed by atoms with Crippen molar-refractivity contribution < 1.29 is 9.47 Å². The maximum atomic E-state index is 5.75. The Kier molecular flexibility index (Phi) is 7.99. The Labute approximate surface area is 158 Å². The van der Waals surface area contributed by atoms with Gasteiger partial charge in [0.15, 0.2) is 0 Å². The normalized spacial score (nSPS) is 12.4. The first-order valence-electron chi connectivity index (χ1n) is 9.60. The van der Waals surface area contributed by atoms with Crippen LogP contribution in [0.4, 0.5) is 0 Å². The average Bonchev–Trinajstić information content (AvgIpc) is 2.62. The van der Waals surface area contributed by atoms with Crippen LogP contribution in [-0.2, 0) is 6.54 Å². The zero-order chi connectivity index (χ0) is 18.9. The minimum atomic E-state index is 0.212. The number of hydrogen-bond acceptors (Lipinski definition) is 3. The van der Waals surface area contributed by atoms with E-state index >= 15 is 0 Å². The van der Waals surface area contributed by atoms with E-state index in [0.717, 1.165) is 31.0 Å². The third-order valence-corrected chi connectivity index (χ3v) is 4.61. The van der Waals surface area contributed by atoms with Gasteiger partial charge in [0.05, 0.1) is 13.2 Å². The molecule has 2 rings (SSSR count). The molecule has 26 heavy (non-hydrogen) atoms. The van der Waals surface area contributed by atoms with Crippen molar-refractivity contribution >= 4 is 0 Å². The smallest absolute Gasteiger partial charge is 0.119 e. The molecule has 0 radical (unpaired) electrons. The molecule has 0 fully saturated rings. The Bertz CT molecular complexity index is 632. The monoisotopic (exact) mass is 355 g/mol. The van der Waals surface area contributed by atoms with Crippen molar-refractivity contribution in [2.24, 2.45) is 5.92 Å². The topological polar surface area (TPSA) is 30.5 Å². The van der Waals surface area contributed by atoms with Gasteiger partial charge in [-0.05, 0) is 74.0 Å². The van der Waals surface area contributed by atoms with E-state index in [1.807, 2.05) is 12.1 Å². The van der Waals surface area contributed by atoms with E-state index in [9.17, 15) is 0 Å². The zero-order valence-corrected chi connectivity index (χ0v) is 16.8. The van der Waals surface area contributed by atoms with Gasteiger partial charge in [-0.25, -0.2) is 0 Å². The lowest BCUT2D eigenvalue weighted by atomic mass is 9.86. The maximum Gasteiger partial charge on any atom is 0.119 e. The van der Waals surface area contributed by atoms with Gasteiger partial charge in [0, 0.05) is 6.54 Å². The zero-order valence-electron chi connectivity index (χ0n) is 16.8. The molecule has 0 aliphatic carbocycles. The molecule has 142 valence electrons. The molecule has 1 N–H and O–H groups in total. The summed E-state index contributed by atoms with van der Waals surface area (Å²) in [6, 6.07) is 16.9. The molecule has 2 aromatic carbocycles. The van der Waals surface area contributed by atoms with Gasteiger partial charge in [-0.2, -0.15) is 0 Å². The molecule has 0 aromatic heterocycles. The van der Waals surface area contributed by atoms with E-state index in [-0.39, 0.29) is 6.10 Å². The SMILES string of the molecule is COc1ccc(CNCCC(c2ccc(OC(C)C)cc2)C(C)C)cc1.